The van der Waals surface area contributed by atoms with E-state index in [-0.39, 0.29) is 5.97 Å². The van der Waals surface area contributed by atoms with Crippen molar-refractivity contribution in [3.05, 3.63) is 0 Å². The number of methoxy groups -OCH3 is 1. The van der Waals surface area contributed by atoms with Gasteiger partial charge in [0.05, 0.1) is 7.11 Å². The van der Waals surface area contributed by atoms with Crippen LogP contribution in [-0.4, -0.2) is 37.9 Å². The smallest absolute Gasteiger partial charge is 0.325 e. The van der Waals surface area contributed by atoms with Gasteiger partial charge in [-0.15, -0.1) is 0 Å². The summed E-state index contributed by atoms with van der Waals surface area (Å²) < 4.78 is 10.5. The number of hydrogen-bond acceptors (Lipinski definition) is 4. The van der Waals surface area contributed by atoms with Crippen LogP contribution < -0.4 is 5.32 Å². The molecule has 1 atom stereocenters. The van der Waals surface area contributed by atoms with Crippen LogP contribution in [-0.2, 0) is 14.3 Å². The number of unbranched alkanes of at least 4 members (excludes halogenated alkanes) is 3. The molecule has 1 fully saturated rings. The molecule has 0 saturated heterocycles. The summed E-state index contributed by atoms with van der Waals surface area (Å²) in [6, 6.07) is 0.480. The van der Waals surface area contributed by atoms with Gasteiger partial charge in [0, 0.05) is 19.3 Å². The number of rotatable bonds is 11. The summed E-state index contributed by atoms with van der Waals surface area (Å²) in [5, 5.41) is 3.37. The molecule has 0 aromatic rings. The number of carbonyl (C=O) groups is 1. The molecule has 4 nitrogen and oxygen atoms in total. The summed E-state index contributed by atoms with van der Waals surface area (Å²) in [6.45, 7) is 5.52. The van der Waals surface area contributed by atoms with Crippen molar-refractivity contribution in [1.29, 1.82) is 0 Å². The maximum Gasteiger partial charge on any atom is 0.325 e. The molecule has 0 amide bonds. The SMILES string of the molecule is CCCCCCOCCC(C)(NC1CC1)C(=O)OC. The van der Waals surface area contributed by atoms with Crippen LogP contribution in [0.5, 0.6) is 0 Å². The molecule has 0 aromatic carbocycles. The van der Waals surface area contributed by atoms with Crippen molar-refractivity contribution >= 4 is 5.97 Å². The van der Waals surface area contributed by atoms with Crippen LogP contribution in [0.2, 0.25) is 0 Å². The van der Waals surface area contributed by atoms with E-state index in [2.05, 4.69) is 12.2 Å². The van der Waals surface area contributed by atoms with Crippen molar-refractivity contribution < 1.29 is 14.3 Å². The summed E-state index contributed by atoms with van der Waals surface area (Å²) in [6.07, 6.45) is 7.83. The van der Waals surface area contributed by atoms with Crippen molar-refractivity contribution in [3.63, 3.8) is 0 Å². The minimum atomic E-state index is -0.598. The van der Waals surface area contributed by atoms with Crippen molar-refractivity contribution in [2.24, 2.45) is 0 Å². The fourth-order valence-electron chi connectivity index (χ4n) is 2.15. The second-order valence-corrected chi connectivity index (χ2v) is 5.67. The Morgan fingerprint density at radius 2 is 2.00 bits per heavy atom. The molecule has 112 valence electrons. The van der Waals surface area contributed by atoms with Crippen LogP contribution in [0.4, 0.5) is 0 Å². The lowest BCUT2D eigenvalue weighted by molar-refractivity contribution is -0.149. The number of nitrogens with one attached hydrogen (secondary N) is 1. The molecule has 1 unspecified atom stereocenters. The van der Waals surface area contributed by atoms with Gasteiger partial charge in [-0.25, -0.2) is 0 Å². The topological polar surface area (TPSA) is 47.6 Å². The lowest BCUT2D eigenvalue weighted by Crippen LogP contribution is -2.52. The Kier molecular flexibility index (Phi) is 7.39. The van der Waals surface area contributed by atoms with Crippen molar-refractivity contribution in [2.45, 2.75) is 70.4 Å². The summed E-state index contributed by atoms with van der Waals surface area (Å²) in [7, 11) is 1.45. The van der Waals surface area contributed by atoms with E-state index in [1.165, 1.54) is 26.4 Å². The number of esters is 1. The van der Waals surface area contributed by atoms with E-state index in [9.17, 15) is 4.79 Å². The Morgan fingerprint density at radius 1 is 1.26 bits per heavy atom. The third kappa shape index (κ3) is 6.39. The van der Waals surface area contributed by atoms with E-state index in [1.54, 1.807) is 0 Å². The number of hydrogen-bond donors (Lipinski definition) is 1. The highest BCUT2D eigenvalue weighted by Gasteiger charge is 2.38. The molecular weight excluding hydrogens is 242 g/mol. The Labute approximate surface area is 117 Å². The van der Waals surface area contributed by atoms with E-state index in [4.69, 9.17) is 9.47 Å². The van der Waals surface area contributed by atoms with Gasteiger partial charge in [0.1, 0.15) is 5.54 Å². The van der Waals surface area contributed by atoms with E-state index < -0.39 is 5.54 Å². The monoisotopic (exact) mass is 271 g/mol. The molecule has 1 rings (SSSR count). The molecule has 0 radical (unpaired) electrons. The largest absolute Gasteiger partial charge is 0.468 e. The molecule has 1 aliphatic carbocycles. The van der Waals surface area contributed by atoms with Gasteiger partial charge in [-0.1, -0.05) is 26.2 Å². The summed E-state index contributed by atoms with van der Waals surface area (Å²) in [5.74, 6) is -0.186. The van der Waals surface area contributed by atoms with Gasteiger partial charge in [-0.3, -0.25) is 10.1 Å². The number of carbonyl (C=O) groups excluding carboxylic acids is 1. The van der Waals surface area contributed by atoms with Crippen molar-refractivity contribution in [1.82, 2.24) is 5.32 Å². The molecule has 0 aromatic heterocycles. The van der Waals surface area contributed by atoms with Gasteiger partial charge in [-0.2, -0.15) is 0 Å². The minimum absolute atomic E-state index is 0.186. The first-order valence-electron chi connectivity index (χ1n) is 7.56. The van der Waals surface area contributed by atoms with Gasteiger partial charge in [0.2, 0.25) is 0 Å². The van der Waals surface area contributed by atoms with Gasteiger partial charge >= 0.3 is 5.97 Å². The molecular formula is C15H29NO3. The zero-order valence-electron chi connectivity index (χ0n) is 12.7. The first kappa shape index (κ1) is 16.4. The highest BCUT2D eigenvalue weighted by Crippen LogP contribution is 2.24. The van der Waals surface area contributed by atoms with Crippen LogP contribution in [0, 0.1) is 0 Å². The molecule has 0 spiro atoms. The third-order valence-corrected chi connectivity index (χ3v) is 3.62. The van der Waals surface area contributed by atoms with E-state index in [0.29, 0.717) is 19.1 Å². The molecule has 1 aliphatic rings. The van der Waals surface area contributed by atoms with Gasteiger partial charge in [0.15, 0.2) is 0 Å². The Bertz CT molecular complexity index is 266. The van der Waals surface area contributed by atoms with Crippen LogP contribution in [0.1, 0.15) is 58.8 Å². The third-order valence-electron chi connectivity index (χ3n) is 3.62. The number of ether oxygens (including phenoxy) is 2. The van der Waals surface area contributed by atoms with E-state index in [1.807, 2.05) is 6.92 Å². The minimum Gasteiger partial charge on any atom is -0.468 e. The molecule has 1 saturated carbocycles. The Hall–Kier alpha value is -0.610. The first-order valence-corrected chi connectivity index (χ1v) is 7.56. The highest BCUT2D eigenvalue weighted by atomic mass is 16.5. The molecule has 0 heterocycles. The Morgan fingerprint density at radius 3 is 2.58 bits per heavy atom. The molecule has 1 N–H and O–H groups in total. The lowest BCUT2D eigenvalue weighted by atomic mass is 9.98. The van der Waals surface area contributed by atoms with Gasteiger partial charge in [0.25, 0.3) is 0 Å². The van der Waals surface area contributed by atoms with Crippen LogP contribution >= 0.6 is 0 Å². The zero-order chi connectivity index (χ0) is 14.1. The second kappa shape index (κ2) is 8.54. The van der Waals surface area contributed by atoms with Gasteiger partial charge < -0.3 is 9.47 Å². The van der Waals surface area contributed by atoms with Crippen LogP contribution in [0.25, 0.3) is 0 Å². The first-order chi connectivity index (χ1) is 9.12. The Balaban J connectivity index is 2.19. The standard InChI is InChI=1S/C15H29NO3/c1-4-5-6-7-11-19-12-10-15(2,14(17)18-3)16-13-8-9-13/h13,16H,4-12H2,1-3H3. The quantitative estimate of drug-likeness (QED) is 0.463. The zero-order valence-corrected chi connectivity index (χ0v) is 12.7. The lowest BCUT2D eigenvalue weighted by Gasteiger charge is -2.28. The molecule has 0 bridgehead atoms. The highest BCUT2D eigenvalue weighted by molar-refractivity contribution is 5.80. The van der Waals surface area contributed by atoms with E-state index in [0.717, 1.165) is 25.9 Å². The average molecular weight is 271 g/mol. The molecule has 0 aliphatic heterocycles. The summed E-state index contributed by atoms with van der Waals surface area (Å²) >= 11 is 0. The van der Waals surface area contributed by atoms with Crippen LogP contribution in [0.15, 0.2) is 0 Å². The molecule has 19 heavy (non-hydrogen) atoms. The predicted molar refractivity (Wildman–Crippen MR) is 76.2 cm³/mol. The predicted octanol–water partition coefficient (Wildman–Crippen LogP) is 2.66. The average Bonchev–Trinajstić information content (AvgIpc) is 3.20. The maximum absolute atomic E-state index is 11.9. The van der Waals surface area contributed by atoms with Crippen molar-refractivity contribution in [2.75, 3.05) is 20.3 Å². The normalized spacial score (nSPS) is 18.1. The van der Waals surface area contributed by atoms with Crippen molar-refractivity contribution in [3.8, 4) is 0 Å². The maximum atomic E-state index is 11.9. The molecule has 4 heteroatoms. The summed E-state index contributed by atoms with van der Waals surface area (Å²) in [5.41, 5.74) is -0.598. The summed E-state index contributed by atoms with van der Waals surface area (Å²) in [4.78, 5) is 11.9. The van der Waals surface area contributed by atoms with Gasteiger partial charge in [-0.05, 0) is 32.6 Å². The second-order valence-electron chi connectivity index (χ2n) is 5.67. The fourth-order valence-corrected chi connectivity index (χ4v) is 2.15. The fraction of sp³-hybridized carbons (Fsp3) is 0.933. The van der Waals surface area contributed by atoms with E-state index >= 15 is 0 Å². The van der Waals surface area contributed by atoms with Crippen LogP contribution in [0.3, 0.4) is 0 Å².